The second-order valence-corrected chi connectivity index (χ2v) is 8.88. The SMILES string of the molecule is CCc1ccc(OCCCn2cc(/C=N\Nc3nc4ccccc4s3)c3ccccc32)cc1. The number of benzene rings is 3. The van der Waals surface area contributed by atoms with Gasteiger partial charge in [-0.05, 0) is 48.7 Å². The van der Waals surface area contributed by atoms with E-state index in [0.717, 1.165) is 46.0 Å². The minimum Gasteiger partial charge on any atom is -0.494 e. The van der Waals surface area contributed by atoms with Crippen molar-refractivity contribution in [3.63, 3.8) is 0 Å². The van der Waals surface area contributed by atoms with Gasteiger partial charge in [0.2, 0.25) is 5.13 Å². The molecule has 2 heterocycles. The summed E-state index contributed by atoms with van der Waals surface area (Å²) in [7, 11) is 0. The van der Waals surface area contributed by atoms with Gasteiger partial charge < -0.3 is 9.30 Å². The molecule has 0 atom stereocenters. The van der Waals surface area contributed by atoms with Crippen molar-refractivity contribution in [3.05, 3.63) is 90.1 Å². The van der Waals surface area contributed by atoms with Gasteiger partial charge in [-0.1, -0.05) is 60.7 Å². The van der Waals surface area contributed by atoms with Gasteiger partial charge in [0.25, 0.3) is 0 Å². The second-order valence-electron chi connectivity index (χ2n) is 7.85. The number of anilines is 1. The van der Waals surface area contributed by atoms with Crippen LogP contribution in [0.2, 0.25) is 0 Å². The van der Waals surface area contributed by atoms with Gasteiger partial charge in [-0.3, -0.25) is 5.43 Å². The fraction of sp³-hybridized carbons (Fsp3) is 0.185. The molecule has 0 bridgehead atoms. The lowest BCUT2D eigenvalue weighted by molar-refractivity contribution is 0.302. The molecule has 0 aliphatic carbocycles. The van der Waals surface area contributed by atoms with Gasteiger partial charge in [-0.15, -0.1) is 0 Å². The Labute approximate surface area is 197 Å². The smallest absolute Gasteiger partial charge is 0.204 e. The van der Waals surface area contributed by atoms with Crippen molar-refractivity contribution < 1.29 is 4.74 Å². The molecule has 5 rings (SSSR count). The number of nitrogens with zero attached hydrogens (tertiary/aromatic N) is 3. The van der Waals surface area contributed by atoms with E-state index >= 15 is 0 Å². The Morgan fingerprint density at radius 1 is 1.03 bits per heavy atom. The van der Waals surface area contributed by atoms with E-state index in [4.69, 9.17) is 4.74 Å². The third-order valence-corrected chi connectivity index (χ3v) is 6.56. The average Bonchev–Trinajstić information content (AvgIpc) is 3.43. The zero-order valence-electron chi connectivity index (χ0n) is 18.6. The highest BCUT2D eigenvalue weighted by Crippen LogP contribution is 2.25. The first kappa shape index (κ1) is 21.2. The topological polar surface area (TPSA) is 51.4 Å². The second kappa shape index (κ2) is 9.88. The van der Waals surface area contributed by atoms with Gasteiger partial charge in [0, 0.05) is 29.2 Å². The predicted molar refractivity (Wildman–Crippen MR) is 139 cm³/mol. The van der Waals surface area contributed by atoms with Crippen molar-refractivity contribution in [2.75, 3.05) is 12.0 Å². The number of rotatable bonds is 9. The van der Waals surface area contributed by atoms with Gasteiger partial charge >= 0.3 is 0 Å². The molecule has 5 nitrogen and oxygen atoms in total. The lowest BCUT2D eigenvalue weighted by Gasteiger charge is -2.08. The van der Waals surface area contributed by atoms with Crippen LogP contribution in [0.3, 0.4) is 0 Å². The van der Waals surface area contributed by atoms with Crippen LogP contribution < -0.4 is 10.2 Å². The lowest BCUT2D eigenvalue weighted by Crippen LogP contribution is -2.03. The summed E-state index contributed by atoms with van der Waals surface area (Å²) in [5, 5.41) is 6.43. The summed E-state index contributed by atoms with van der Waals surface area (Å²) in [5.74, 6) is 0.929. The van der Waals surface area contributed by atoms with Crippen LogP contribution >= 0.6 is 11.3 Å². The van der Waals surface area contributed by atoms with Gasteiger partial charge in [-0.2, -0.15) is 5.10 Å². The Balaban J connectivity index is 1.23. The standard InChI is InChI=1S/C27H26N4OS/c1-2-20-12-14-22(15-13-20)32-17-7-16-31-19-21(23-8-3-5-10-25(23)31)18-28-30-27-29-24-9-4-6-11-26(24)33-27/h3-6,8-15,18-19H,2,7,16-17H2,1H3,(H,29,30)/b28-18-. The van der Waals surface area contributed by atoms with Crippen molar-refractivity contribution in [3.8, 4) is 5.75 Å². The van der Waals surface area contributed by atoms with Crippen LogP contribution in [0.5, 0.6) is 5.75 Å². The highest BCUT2D eigenvalue weighted by molar-refractivity contribution is 7.22. The first-order chi connectivity index (χ1) is 16.3. The molecule has 3 aromatic carbocycles. The van der Waals surface area contributed by atoms with E-state index in [1.807, 2.05) is 24.4 Å². The van der Waals surface area contributed by atoms with Gasteiger partial charge in [-0.25, -0.2) is 4.98 Å². The van der Waals surface area contributed by atoms with E-state index in [1.165, 1.54) is 16.5 Å². The monoisotopic (exact) mass is 454 g/mol. The Hall–Kier alpha value is -3.64. The fourth-order valence-electron chi connectivity index (χ4n) is 3.89. The normalized spacial score (nSPS) is 11.5. The molecule has 0 saturated carbocycles. The minimum absolute atomic E-state index is 0.681. The van der Waals surface area contributed by atoms with Crippen molar-refractivity contribution in [2.45, 2.75) is 26.3 Å². The number of hydrogen-bond acceptors (Lipinski definition) is 5. The predicted octanol–water partition coefficient (Wildman–Crippen LogP) is 6.73. The summed E-state index contributed by atoms with van der Waals surface area (Å²) in [6.07, 6.45) is 6.00. The molecule has 0 spiro atoms. The first-order valence-corrected chi connectivity index (χ1v) is 12.1. The van der Waals surface area contributed by atoms with Crippen LogP contribution in [-0.4, -0.2) is 22.4 Å². The molecule has 0 amide bonds. The first-order valence-electron chi connectivity index (χ1n) is 11.2. The molecule has 2 aromatic heterocycles. The third-order valence-electron chi connectivity index (χ3n) is 5.62. The zero-order valence-corrected chi connectivity index (χ0v) is 19.4. The molecule has 1 N–H and O–H groups in total. The maximum Gasteiger partial charge on any atom is 0.204 e. The van der Waals surface area contributed by atoms with E-state index in [-0.39, 0.29) is 0 Å². The molecule has 5 aromatic rings. The number of nitrogens with one attached hydrogen (secondary N) is 1. The van der Waals surface area contributed by atoms with E-state index in [2.05, 4.69) is 87.8 Å². The average molecular weight is 455 g/mol. The number of para-hydroxylation sites is 2. The zero-order chi connectivity index (χ0) is 22.5. The molecule has 0 saturated heterocycles. The Morgan fingerprint density at radius 2 is 1.85 bits per heavy atom. The van der Waals surface area contributed by atoms with Crippen molar-refractivity contribution in [1.82, 2.24) is 9.55 Å². The van der Waals surface area contributed by atoms with Crippen LogP contribution in [0.25, 0.3) is 21.1 Å². The van der Waals surface area contributed by atoms with E-state index in [1.54, 1.807) is 11.3 Å². The Morgan fingerprint density at radius 3 is 2.70 bits per heavy atom. The molecule has 166 valence electrons. The van der Waals surface area contributed by atoms with Gasteiger partial charge in [0.15, 0.2) is 0 Å². The number of ether oxygens (including phenoxy) is 1. The van der Waals surface area contributed by atoms with Crippen LogP contribution in [0.4, 0.5) is 5.13 Å². The maximum atomic E-state index is 5.93. The summed E-state index contributed by atoms with van der Waals surface area (Å²) in [6, 6.07) is 24.9. The fourth-order valence-corrected chi connectivity index (χ4v) is 4.70. The Kier molecular flexibility index (Phi) is 6.35. The molecule has 0 aliphatic rings. The summed E-state index contributed by atoms with van der Waals surface area (Å²) >= 11 is 1.60. The highest BCUT2D eigenvalue weighted by atomic mass is 32.1. The van der Waals surface area contributed by atoms with Crippen molar-refractivity contribution in [1.29, 1.82) is 0 Å². The molecular weight excluding hydrogens is 428 g/mol. The molecule has 33 heavy (non-hydrogen) atoms. The molecule has 0 radical (unpaired) electrons. The summed E-state index contributed by atoms with van der Waals surface area (Å²) in [6.45, 7) is 3.72. The van der Waals surface area contributed by atoms with Crippen molar-refractivity contribution in [2.24, 2.45) is 5.10 Å². The van der Waals surface area contributed by atoms with E-state index < -0.39 is 0 Å². The van der Waals surface area contributed by atoms with Crippen LogP contribution in [-0.2, 0) is 13.0 Å². The van der Waals surface area contributed by atoms with Crippen LogP contribution in [0.1, 0.15) is 24.5 Å². The molecule has 0 fully saturated rings. The van der Waals surface area contributed by atoms with Crippen LogP contribution in [0, 0.1) is 0 Å². The molecule has 0 aliphatic heterocycles. The number of hydrogen-bond donors (Lipinski definition) is 1. The van der Waals surface area contributed by atoms with Crippen molar-refractivity contribution >= 4 is 43.8 Å². The highest BCUT2D eigenvalue weighted by Gasteiger charge is 2.07. The largest absolute Gasteiger partial charge is 0.494 e. The molecular formula is C27H26N4OS. The lowest BCUT2D eigenvalue weighted by atomic mass is 10.2. The number of aryl methyl sites for hydroxylation is 2. The number of aromatic nitrogens is 2. The number of fused-ring (bicyclic) bond motifs is 2. The Bertz CT molecular complexity index is 1350. The summed E-state index contributed by atoms with van der Waals surface area (Å²) in [4.78, 5) is 4.57. The van der Waals surface area contributed by atoms with Crippen LogP contribution in [0.15, 0.2) is 84.1 Å². The number of hydrazone groups is 1. The van der Waals surface area contributed by atoms with Gasteiger partial charge in [0.05, 0.1) is 23.0 Å². The molecule has 0 unspecified atom stereocenters. The molecule has 6 heteroatoms. The summed E-state index contributed by atoms with van der Waals surface area (Å²) in [5.41, 5.74) is 7.68. The minimum atomic E-state index is 0.681. The maximum absolute atomic E-state index is 5.93. The van der Waals surface area contributed by atoms with Gasteiger partial charge in [0.1, 0.15) is 5.75 Å². The van der Waals surface area contributed by atoms with E-state index in [9.17, 15) is 0 Å². The van der Waals surface area contributed by atoms with E-state index in [0.29, 0.717) is 6.61 Å². The number of thiazole rings is 1. The summed E-state index contributed by atoms with van der Waals surface area (Å²) < 4.78 is 9.35. The quantitative estimate of drug-likeness (QED) is 0.153. The third kappa shape index (κ3) is 4.91.